The largest absolute Gasteiger partial charge is 0.359 e. The molecule has 0 unspecified atom stereocenters. The van der Waals surface area contributed by atoms with E-state index in [2.05, 4.69) is 30.3 Å². The first-order valence-electron chi connectivity index (χ1n) is 6.78. The fourth-order valence-electron chi connectivity index (χ4n) is 3.69. The zero-order valence-electron chi connectivity index (χ0n) is 10.3. The van der Waals surface area contributed by atoms with Crippen molar-refractivity contribution in [3.05, 3.63) is 58.7 Å². The lowest BCUT2D eigenvalue weighted by atomic mass is 9.82. The molecule has 3 aliphatic rings. The maximum absolute atomic E-state index is 11.9. The summed E-state index contributed by atoms with van der Waals surface area (Å²) in [6, 6.07) is 12.6. The Morgan fingerprint density at radius 1 is 0.895 bits per heavy atom. The monoisotopic (exact) mass is 248 g/mol. The number of hydrogen-bond donors (Lipinski definition) is 0. The Morgan fingerprint density at radius 2 is 1.74 bits per heavy atom. The maximum Gasteiger partial charge on any atom is 0.163 e. The summed E-state index contributed by atoms with van der Waals surface area (Å²) >= 11 is 0. The molecule has 2 nitrogen and oxygen atoms in total. The van der Waals surface area contributed by atoms with Gasteiger partial charge in [-0.05, 0) is 34.2 Å². The Balaban J connectivity index is 1.86. The zero-order valence-corrected chi connectivity index (χ0v) is 10.3. The number of epoxide rings is 1. The van der Waals surface area contributed by atoms with Crippen molar-refractivity contribution in [3.8, 4) is 11.1 Å². The van der Waals surface area contributed by atoms with Crippen molar-refractivity contribution in [2.75, 3.05) is 0 Å². The summed E-state index contributed by atoms with van der Waals surface area (Å²) in [5.41, 5.74) is 7.29. The summed E-state index contributed by atoms with van der Waals surface area (Å²) in [6.07, 6.45) is 1.94. The highest BCUT2D eigenvalue weighted by Gasteiger charge is 2.49. The lowest BCUT2D eigenvalue weighted by Crippen LogP contribution is -2.03. The van der Waals surface area contributed by atoms with E-state index >= 15 is 0 Å². The number of hydrogen-bond acceptors (Lipinski definition) is 2. The number of rotatable bonds is 0. The van der Waals surface area contributed by atoms with E-state index in [1.54, 1.807) is 0 Å². The van der Waals surface area contributed by atoms with E-state index in [9.17, 15) is 4.79 Å². The van der Waals surface area contributed by atoms with Crippen LogP contribution in [0, 0.1) is 0 Å². The summed E-state index contributed by atoms with van der Waals surface area (Å²) in [6.45, 7) is 0. The molecule has 2 aromatic rings. The van der Waals surface area contributed by atoms with Crippen LogP contribution in [-0.4, -0.2) is 5.78 Å². The van der Waals surface area contributed by atoms with E-state index < -0.39 is 0 Å². The molecule has 0 N–H and O–H groups in total. The fraction of sp³-hybridized carbons (Fsp3) is 0.235. The molecule has 2 heteroatoms. The molecule has 0 aromatic heterocycles. The van der Waals surface area contributed by atoms with Crippen LogP contribution in [0.4, 0.5) is 0 Å². The van der Waals surface area contributed by atoms with Gasteiger partial charge in [-0.3, -0.25) is 4.79 Å². The van der Waals surface area contributed by atoms with Crippen LogP contribution in [0.2, 0.25) is 0 Å². The van der Waals surface area contributed by atoms with E-state index in [1.807, 2.05) is 6.07 Å². The number of carbonyl (C=O) groups excluding carboxylic acids is 1. The van der Waals surface area contributed by atoms with Crippen molar-refractivity contribution < 1.29 is 9.53 Å². The van der Waals surface area contributed by atoms with Crippen molar-refractivity contribution in [2.24, 2.45) is 0 Å². The van der Waals surface area contributed by atoms with Crippen LogP contribution in [0.5, 0.6) is 0 Å². The molecule has 5 rings (SSSR count). The second kappa shape index (κ2) is 3.14. The van der Waals surface area contributed by atoms with Gasteiger partial charge in [0.25, 0.3) is 0 Å². The number of Topliss-reactive ketones (excluding diaryl/α,β-unsaturated/α-hetero) is 1. The van der Waals surface area contributed by atoms with Crippen LogP contribution in [-0.2, 0) is 11.2 Å². The summed E-state index contributed by atoms with van der Waals surface area (Å²) in [5.74, 6) is 0.286. The highest BCUT2D eigenvalue weighted by atomic mass is 16.6. The topological polar surface area (TPSA) is 29.6 Å². The summed E-state index contributed by atoms with van der Waals surface area (Å²) in [4.78, 5) is 11.9. The molecular formula is C17H12O2. The summed E-state index contributed by atoms with van der Waals surface area (Å²) in [5, 5.41) is 0. The molecule has 0 spiro atoms. The molecule has 1 saturated heterocycles. The van der Waals surface area contributed by atoms with Crippen LogP contribution < -0.4 is 0 Å². The first kappa shape index (κ1) is 9.93. The van der Waals surface area contributed by atoms with Crippen LogP contribution in [0.25, 0.3) is 11.1 Å². The third-order valence-electron chi connectivity index (χ3n) is 4.59. The Kier molecular flexibility index (Phi) is 1.64. The SMILES string of the molecule is O=C1CCc2c1ccc1c2[C@H]2O[C@H]2c2ccccc2-1. The minimum absolute atomic E-state index is 0.186. The van der Waals surface area contributed by atoms with Gasteiger partial charge < -0.3 is 4.74 Å². The Bertz CT molecular complexity index is 745. The van der Waals surface area contributed by atoms with Gasteiger partial charge in [0, 0.05) is 12.0 Å². The summed E-state index contributed by atoms with van der Waals surface area (Å²) < 4.78 is 5.88. The second-order valence-electron chi connectivity index (χ2n) is 5.54. The third-order valence-corrected chi connectivity index (χ3v) is 4.59. The van der Waals surface area contributed by atoms with Crippen LogP contribution >= 0.6 is 0 Å². The minimum atomic E-state index is 0.186. The van der Waals surface area contributed by atoms with Gasteiger partial charge in [0.05, 0.1) is 0 Å². The van der Waals surface area contributed by atoms with Gasteiger partial charge in [-0.2, -0.15) is 0 Å². The van der Waals surface area contributed by atoms with Crippen molar-refractivity contribution >= 4 is 5.78 Å². The molecular weight excluding hydrogens is 236 g/mol. The van der Waals surface area contributed by atoms with E-state index in [0.29, 0.717) is 6.42 Å². The molecule has 2 aliphatic carbocycles. The van der Waals surface area contributed by atoms with Crippen LogP contribution in [0.15, 0.2) is 36.4 Å². The van der Waals surface area contributed by atoms with Crippen molar-refractivity contribution in [1.29, 1.82) is 0 Å². The predicted octanol–water partition coefficient (Wildman–Crippen LogP) is 3.61. The molecule has 0 amide bonds. The Labute approximate surface area is 111 Å². The molecule has 92 valence electrons. The van der Waals surface area contributed by atoms with E-state index in [0.717, 1.165) is 12.0 Å². The normalized spacial score (nSPS) is 25.4. The van der Waals surface area contributed by atoms with Gasteiger partial charge in [-0.25, -0.2) is 0 Å². The van der Waals surface area contributed by atoms with Crippen molar-refractivity contribution in [3.63, 3.8) is 0 Å². The summed E-state index contributed by atoms with van der Waals surface area (Å²) in [7, 11) is 0. The number of carbonyl (C=O) groups is 1. The molecule has 0 saturated carbocycles. The average Bonchev–Trinajstić information content (AvgIpc) is 3.17. The van der Waals surface area contributed by atoms with E-state index in [4.69, 9.17) is 4.74 Å². The second-order valence-corrected chi connectivity index (χ2v) is 5.54. The molecule has 2 atom stereocenters. The molecule has 19 heavy (non-hydrogen) atoms. The van der Waals surface area contributed by atoms with E-state index in [1.165, 1.54) is 27.8 Å². The Morgan fingerprint density at radius 3 is 2.68 bits per heavy atom. The lowest BCUT2D eigenvalue weighted by Gasteiger charge is -2.19. The highest BCUT2D eigenvalue weighted by Crippen LogP contribution is 2.60. The van der Waals surface area contributed by atoms with Gasteiger partial charge in [-0.1, -0.05) is 36.4 Å². The molecule has 1 aliphatic heterocycles. The van der Waals surface area contributed by atoms with Gasteiger partial charge in [0.15, 0.2) is 5.78 Å². The van der Waals surface area contributed by atoms with E-state index in [-0.39, 0.29) is 18.0 Å². The van der Waals surface area contributed by atoms with Crippen molar-refractivity contribution in [1.82, 2.24) is 0 Å². The maximum atomic E-state index is 11.9. The van der Waals surface area contributed by atoms with Gasteiger partial charge >= 0.3 is 0 Å². The molecule has 0 radical (unpaired) electrons. The lowest BCUT2D eigenvalue weighted by molar-refractivity contribution is 0.0994. The third kappa shape index (κ3) is 1.13. The predicted molar refractivity (Wildman–Crippen MR) is 71.1 cm³/mol. The van der Waals surface area contributed by atoms with Gasteiger partial charge in [0.2, 0.25) is 0 Å². The highest BCUT2D eigenvalue weighted by molar-refractivity contribution is 6.02. The first-order chi connectivity index (χ1) is 9.34. The average molecular weight is 248 g/mol. The quantitative estimate of drug-likeness (QED) is 0.666. The number of benzene rings is 2. The minimum Gasteiger partial charge on any atom is -0.359 e. The standard InChI is InChI=1S/C17H12O2/c18-14-8-7-12-10(14)5-6-11-9-3-1-2-4-13(9)16-17(19-16)15(11)12/h1-6,16-17H,7-8H2/t16-,17+/m0/s1. The van der Waals surface area contributed by atoms with Crippen molar-refractivity contribution in [2.45, 2.75) is 25.0 Å². The number of fused-ring (bicyclic) bond motifs is 8. The zero-order chi connectivity index (χ0) is 12.6. The first-order valence-corrected chi connectivity index (χ1v) is 6.78. The number of ether oxygens (including phenoxy) is 1. The smallest absolute Gasteiger partial charge is 0.163 e. The molecule has 0 bridgehead atoms. The fourth-order valence-corrected chi connectivity index (χ4v) is 3.69. The number of ketones is 1. The molecule has 2 aromatic carbocycles. The molecule has 1 heterocycles. The Hall–Kier alpha value is -1.93. The van der Waals surface area contributed by atoms with Crippen LogP contribution in [0.3, 0.4) is 0 Å². The van der Waals surface area contributed by atoms with Gasteiger partial charge in [-0.15, -0.1) is 0 Å². The van der Waals surface area contributed by atoms with Gasteiger partial charge in [0.1, 0.15) is 12.2 Å². The van der Waals surface area contributed by atoms with Crippen LogP contribution in [0.1, 0.15) is 45.7 Å². The molecule has 1 fully saturated rings.